The van der Waals surface area contributed by atoms with Crippen molar-refractivity contribution in [1.29, 1.82) is 0 Å². The fourth-order valence-corrected chi connectivity index (χ4v) is 2.45. The molecule has 3 amide bonds. The predicted octanol–water partition coefficient (Wildman–Crippen LogP) is 1.84. The van der Waals surface area contributed by atoms with Crippen molar-refractivity contribution < 1.29 is 9.59 Å². The van der Waals surface area contributed by atoms with Gasteiger partial charge < -0.3 is 16.5 Å². The van der Waals surface area contributed by atoms with Crippen LogP contribution in [0.15, 0.2) is 30.3 Å². The van der Waals surface area contributed by atoms with E-state index in [1.807, 2.05) is 18.2 Å². The Morgan fingerprint density at radius 1 is 1.19 bits per heavy atom. The van der Waals surface area contributed by atoms with E-state index in [2.05, 4.69) is 22.5 Å². The first-order valence-corrected chi connectivity index (χ1v) is 6.43. The lowest BCUT2D eigenvalue weighted by Gasteiger charge is -2.03. The maximum atomic E-state index is 11.4. The normalized spacial score (nSPS) is 12.2. The number of rotatable bonds is 3. The Labute approximate surface area is 120 Å². The standard InChI is InChI=1S/C15H14N4O2/c16-13(20)11-7-12(18-14(11)19-15(17)21)10-5-4-8-2-1-3-9(8)6-10/h1-2,4-7,18H,3H2,(H2,16,20)(H3,17,19,21). The molecule has 0 atom stereocenters. The quantitative estimate of drug-likeness (QED) is 0.688. The Morgan fingerprint density at radius 3 is 2.71 bits per heavy atom. The van der Waals surface area contributed by atoms with E-state index in [9.17, 15) is 9.59 Å². The van der Waals surface area contributed by atoms with Crippen LogP contribution < -0.4 is 16.8 Å². The second kappa shape index (κ2) is 4.82. The largest absolute Gasteiger partial charge is 0.365 e. The van der Waals surface area contributed by atoms with Gasteiger partial charge in [0.05, 0.1) is 5.56 Å². The molecular weight excluding hydrogens is 268 g/mol. The van der Waals surface area contributed by atoms with E-state index in [1.165, 1.54) is 11.1 Å². The summed E-state index contributed by atoms with van der Waals surface area (Å²) in [6.07, 6.45) is 5.06. The molecule has 0 radical (unpaired) electrons. The summed E-state index contributed by atoms with van der Waals surface area (Å²) in [5, 5.41) is 2.37. The molecule has 21 heavy (non-hydrogen) atoms. The van der Waals surface area contributed by atoms with E-state index in [1.54, 1.807) is 6.07 Å². The summed E-state index contributed by atoms with van der Waals surface area (Å²) in [6.45, 7) is 0. The van der Waals surface area contributed by atoms with Crippen LogP contribution in [0.4, 0.5) is 10.6 Å². The van der Waals surface area contributed by atoms with Crippen molar-refractivity contribution in [1.82, 2.24) is 4.98 Å². The second-order valence-corrected chi connectivity index (χ2v) is 4.85. The lowest BCUT2D eigenvalue weighted by atomic mass is 10.0. The van der Waals surface area contributed by atoms with Crippen molar-refractivity contribution in [3.8, 4) is 11.3 Å². The summed E-state index contributed by atoms with van der Waals surface area (Å²) < 4.78 is 0. The number of aromatic amines is 1. The van der Waals surface area contributed by atoms with Gasteiger partial charge in [0, 0.05) is 5.69 Å². The number of nitrogens with two attached hydrogens (primary N) is 2. The van der Waals surface area contributed by atoms with Crippen LogP contribution in [0.1, 0.15) is 21.5 Å². The fraction of sp³-hybridized carbons (Fsp3) is 0.0667. The third-order valence-electron chi connectivity index (χ3n) is 3.42. The Morgan fingerprint density at radius 2 is 2.00 bits per heavy atom. The highest BCUT2D eigenvalue weighted by atomic mass is 16.2. The van der Waals surface area contributed by atoms with Crippen LogP contribution in [0.5, 0.6) is 0 Å². The Kier molecular flexibility index (Phi) is 2.98. The lowest BCUT2D eigenvalue weighted by Crippen LogP contribution is -2.22. The van der Waals surface area contributed by atoms with Gasteiger partial charge in [0.25, 0.3) is 5.91 Å². The number of H-pyrrole nitrogens is 1. The van der Waals surface area contributed by atoms with Crippen molar-refractivity contribution in [3.63, 3.8) is 0 Å². The van der Waals surface area contributed by atoms with Crippen molar-refractivity contribution in [2.24, 2.45) is 11.5 Å². The molecule has 0 fully saturated rings. The molecule has 1 aliphatic carbocycles. The van der Waals surface area contributed by atoms with Gasteiger partial charge in [-0.2, -0.15) is 0 Å². The monoisotopic (exact) mass is 282 g/mol. The molecule has 0 spiro atoms. The molecule has 0 saturated heterocycles. The molecule has 1 heterocycles. The minimum absolute atomic E-state index is 0.197. The Bertz CT molecular complexity index is 774. The number of allylic oxidation sites excluding steroid dienone is 1. The zero-order valence-electron chi connectivity index (χ0n) is 11.1. The number of aromatic nitrogens is 1. The van der Waals surface area contributed by atoms with E-state index < -0.39 is 11.9 Å². The van der Waals surface area contributed by atoms with Crippen molar-refractivity contribution in [2.45, 2.75) is 6.42 Å². The van der Waals surface area contributed by atoms with Crippen molar-refractivity contribution in [3.05, 3.63) is 47.0 Å². The van der Waals surface area contributed by atoms with E-state index in [0.29, 0.717) is 5.69 Å². The molecule has 1 aromatic carbocycles. The number of fused-ring (bicyclic) bond motifs is 1. The third-order valence-corrected chi connectivity index (χ3v) is 3.42. The van der Waals surface area contributed by atoms with Gasteiger partial charge in [0.1, 0.15) is 5.82 Å². The average Bonchev–Trinajstić information content (AvgIpc) is 3.03. The molecule has 3 rings (SSSR count). The van der Waals surface area contributed by atoms with Crippen LogP contribution in [-0.2, 0) is 6.42 Å². The first-order valence-electron chi connectivity index (χ1n) is 6.43. The molecule has 6 N–H and O–H groups in total. The summed E-state index contributed by atoms with van der Waals surface area (Å²) in [5.41, 5.74) is 14.6. The molecule has 6 heteroatoms. The Balaban J connectivity index is 2.03. The molecule has 2 aromatic rings. The molecule has 1 aromatic heterocycles. The molecule has 0 unspecified atom stereocenters. The number of nitrogens with one attached hydrogen (secondary N) is 2. The van der Waals surface area contributed by atoms with Crippen LogP contribution >= 0.6 is 0 Å². The molecule has 0 aliphatic heterocycles. The minimum atomic E-state index is -0.760. The molecule has 106 valence electrons. The van der Waals surface area contributed by atoms with Crippen LogP contribution in [0.3, 0.4) is 0 Å². The first kappa shape index (κ1) is 13.0. The molecule has 0 saturated carbocycles. The number of urea groups is 1. The topological polar surface area (TPSA) is 114 Å². The molecule has 1 aliphatic rings. The molecular formula is C15H14N4O2. The summed E-state index contributed by atoms with van der Waals surface area (Å²) in [6, 6.07) is 6.85. The minimum Gasteiger partial charge on any atom is -0.365 e. The van der Waals surface area contributed by atoms with Gasteiger partial charge in [-0.3, -0.25) is 10.1 Å². The number of anilines is 1. The SMILES string of the molecule is NC(=O)Nc1[nH]c(-c2ccc3c(c2)CC=C3)cc1C(N)=O. The summed E-state index contributed by atoms with van der Waals surface area (Å²) >= 11 is 0. The van der Waals surface area contributed by atoms with E-state index in [-0.39, 0.29) is 11.4 Å². The zero-order chi connectivity index (χ0) is 15.0. The number of carbonyl (C=O) groups excluding carboxylic acids is 2. The number of hydrogen-bond donors (Lipinski definition) is 4. The van der Waals surface area contributed by atoms with Gasteiger partial charge >= 0.3 is 6.03 Å². The summed E-state index contributed by atoms with van der Waals surface area (Å²) in [7, 11) is 0. The number of primary amides is 2. The average molecular weight is 282 g/mol. The maximum absolute atomic E-state index is 11.4. The van der Waals surface area contributed by atoms with Crippen LogP contribution in [0, 0.1) is 0 Å². The highest BCUT2D eigenvalue weighted by Crippen LogP contribution is 2.29. The van der Waals surface area contributed by atoms with Gasteiger partial charge in [-0.15, -0.1) is 0 Å². The Hall–Kier alpha value is -3.02. The van der Waals surface area contributed by atoms with Gasteiger partial charge in [-0.25, -0.2) is 4.79 Å². The van der Waals surface area contributed by atoms with Crippen molar-refractivity contribution >= 4 is 23.8 Å². The van der Waals surface area contributed by atoms with Gasteiger partial charge in [-0.05, 0) is 35.2 Å². The third kappa shape index (κ3) is 2.38. The first-order chi connectivity index (χ1) is 10.0. The highest BCUT2D eigenvalue weighted by molar-refractivity contribution is 6.03. The number of amides is 3. The van der Waals surface area contributed by atoms with Gasteiger partial charge in [0.15, 0.2) is 0 Å². The fourth-order valence-electron chi connectivity index (χ4n) is 2.45. The predicted molar refractivity (Wildman–Crippen MR) is 80.7 cm³/mol. The van der Waals surface area contributed by atoms with Crippen molar-refractivity contribution in [2.75, 3.05) is 5.32 Å². The summed E-state index contributed by atoms with van der Waals surface area (Å²) in [4.78, 5) is 25.4. The number of benzene rings is 1. The number of carbonyl (C=O) groups is 2. The molecule has 6 nitrogen and oxygen atoms in total. The van der Waals surface area contributed by atoms with Crippen LogP contribution in [0.25, 0.3) is 17.3 Å². The van der Waals surface area contributed by atoms with Crippen LogP contribution in [-0.4, -0.2) is 16.9 Å². The lowest BCUT2D eigenvalue weighted by molar-refractivity contribution is 0.100. The van der Waals surface area contributed by atoms with E-state index >= 15 is 0 Å². The van der Waals surface area contributed by atoms with Gasteiger partial charge in [-0.1, -0.05) is 24.3 Å². The number of hydrogen-bond acceptors (Lipinski definition) is 2. The zero-order valence-corrected chi connectivity index (χ0v) is 11.1. The maximum Gasteiger partial charge on any atom is 0.317 e. The van der Waals surface area contributed by atoms with Crippen LogP contribution in [0.2, 0.25) is 0 Å². The van der Waals surface area contributed by atoms with E-state index in [4.69, 9.17) is 11.5 Å². The smallest absolute Gasteiger partial charge is 0.317 e. The molecule has 0 bridgehead atoms. The summed E-state index contributed by atoms with van der Waals surface area (Å²) in [5.74, 6) is -0.423. The second-order valence-electron chi connectivity index (χ2n) is 4.85. The van der Waals surface area contributed by atoms with E-state index in [0.717, 1.165) is 12.0 Å². The highest BCUT2D eigenvalue weighted by Gasteiger charge is 2.16. The van der Waals surface area contributed by atoms with Gasteiger partial charge in [0.2, 0.25) is 0 Å².